The number of nitrogens with zero attached hydrogens (tertiary/aromatic N) is 1. The predicted octanol–water partition coefficient (Wildman–Crippen LogP) is 4.03. The number of ether oxygens (including phenoxy) is 2. The molecule has 1 N–H and O–H groups in total. The second kappa shape index (κ2) is 10.8. The highest BCUT2D eigenvalue weighted by molar-refractivity contribution is 5.95. The van der Waals surface area contributed by atoms with Gasteiger partial charge < -0.3 is 14.8 Å². The monoisotopic (exact) mass is 416 g/mol. The Bertz CT molecular complexity index is 967. The van der Waals surface area contributed by atoms with Crippen molar-refractivity contribution in [3.05, 3.63) is 101 Å². The van der Waals surface area contributed by atoms with Gasteiger partial charge in [0, 0.05) is 37.3 Å². The van der Waals surface area contributed by atoms with Crippen molar-refractivity contribution in [3.63, 3.8) is 0 Å². The van der Waals surface area contributed by atoms with Crippen LogP contribution in [-0.2, 0) is 24.4 Å². The van der Waals surface area contributed by atoms with Gasteiger partial charge in [0.15, 0.2) is 0 Å². The third-order valence-electron chi connectivity index (χ3n) is 5.39. The molecule has 0 radical (unpaired) electrons. The molecule has 3 aromatic carbocycles. The minimum Gasteiger partial charge on any atom is -0.489 e. The van der Waals surface area contributed by atoms with Gasteiger partial charge in [0.05, 0.1) is 13.2 Å². The molecule has 0 spiro atoms. The minimum atomic E-state index is -0.0929. The van der Waals surface area contributed by atoms with Gasteiger partial charge in [-0.05, 0) is 29.3 Å². The van der Waals surface area contributed by atoms with Gasteiger partial charge in [-0.15, -0.1) is 0 Å². The number of hydrogen-bond acceptors (Lipinski definition) is 4. The first-order chi connectivity index (χ1) is 15.3. The molecule has 0 unspecified atom stereocenters. The Morgan fingerprint density at radius 3 is 2.32 bits per heavy atom. The molecule has 1 aliphatic rings. The van der Waals surface area contributed by atoms with Gasteiger partial charge >= 0.3 is 0 Å². The number of hydrogen-bond donors (Lipinski definition) is 1. The molecular formula is C26H28N2O3. The van der Waals surface area contributed by atoms with E-state index in [0.717, 1.165) is 49.7 Å². The van der Waals surface area contributed by atoms with Crippen LogP contribution in [0.5, 0.6) is 5.75 Å². The predicted molar refractivity (Wildman–Crippen MR) is 121 cm³/mol. The van der Waals surface area contributed by atoms with E-state index in [9.17, 15) is 4.79 Å². The molecule has 1 fully saturated rings. The number of carbonyl (C=O) groups excluding carboxylic acids is 1. The fraction of sp³-hybridized carbons (Fsp3) is 0.269. The van der Waals surface area contributed by atoms with Crippen LogP contribution in [0, 0.1) is 0 Å². The first kappa shape index (κ1) is 21.1. The lowest BCUT2D eigenvalue weighted by Gasteiger charge is -2.26. The quantitative estimate of drug-likeness (QED) is 0.602. The van der Waals surface area contributed by atoms with E-state index in [1.807, 2.05) is 54.6 Å². The number of benzene rings is 3. The van der Waals surface area contributed by atoms with Crippen molar-refractivity contribution in [2.24, 2.45) is 0 Å². The maximum Gasteiger partial charge on any atom is 0.251 e. The highest BCUT2D eigenvalue weighted by Gasteiger charge is 2.12. The van der Waals surface area contributed by atoms with Gasteiger partial charge in [0.2, 0.25) is 0 Å². The van der Waals surface area contributed by atoms with Crippen LogP contribution < -0.4 is 10.1 Å². The van der Waals surface area contributed by atoms with Crippen LogP contribution in [0.15, 0.2) is 78.9 Å². The summed E-state index contributed by atoms with van der Waals surface area (Å²) in [6.45, 7) is 5.35. The van der Waals surface area contributed by atoms with Crippen LogP contribution in [0.1, 0.15) is 27.0 Å². The summed E-state index contributed by atoms with van der Waals surface area (Å²) in [6, 6.07) is 25.6. The van der Waals surface area contributed by atoms with Crippen LogP contribution in [0.4, 0.5) is 0 Å². The molecule has 0 saturated carbocycles. The van der Waals surface area contributed by atoms with Gasteiger partial charge in [0.25, 0.3) is 5.91 Å². The van der Waals surface area contributed by atoms with Gasteiger partial charge in [-0.3, -0.25) is 9.69 Å². The zero-order valence-electron chi connectivity index (χ0n) is 17.6. The Morgan fingerprint density at radius 1 is 0.871 bits per heavy atom. The van der Waals surface area contributed by atoms with Gasteiger partial charge in [-0.25, -0.2) is 0 Å². The molecule has 5 heteroatoms. The van der Waals surface area contributed by atoms with E-state index in [4.69, 9.17) is 9.47 Å². The molecule has 5 nitrogen and oxygen atoms in total. The summed E-state index contributed by atoms with van der Waals surface area (Å²) in [7, 11) is 0. The van der Waals surface area contributed by atoms with Crippen molar-refractivity contribution < 1.29 is 14.3 Å². The number of amides is 1. The normalized spacial score (nSPS) is 14.2. The van der Waals surface area contributed by atoms with Crippen LogP contribution in [0.3, 0.4) is 0 Å². The first-order valence-electron chi connectivity index (χ1n) is 10.7. The largest absolute Gasteiger partial charge is 0.489 e. The van der Waals surface area contributed by atoms with E-state index in [2.05, 4.69) is 34.5 Å². The molecule has 1 heterocycles. The Labute approximate surface area is 183 Å². The highest BCUT2D eigenvalue weighted by Crippen LogP contribution is 2.15. The number of rotatable bonds is 8. The molecule has 0 aliphatic carbocycles. The first-order valence-corrected chi connectivity index (χ1v) is 10.7. The molecule has 1 aliphatic heterocycles. The summed E-state index contributed by atoms with van der Waals surface area (Å²) in [5.74, 6) is 0.694. The molecule has 1 saturated heterocycles. The van der Waals surface area contributed by atoms with Crippen LogP contribution >= 0.6 is 0 Å². The molecule has 3 aromatic rings. The summed E-state index contributed by atoms with van der Waals surface area (Å²) in [6.07, 6.45) is 0. The second-order valence-corrected chi connectivity index (χ2v) is 7.65. The van der Waals surface area contributed by atoms with Crippen LogP contribution in [0.25, 0.3) is 0 Å². The van der Waals surface area contributed by atoms with Crippen molar-refractivity contribution in [3.8, 4) is 5.75 Å². The van der Waals surface area contributed by atoms with E-state index < -0.39 is 0 Å². The average molecular weight is 417 g/mol. The molecule has 160 valence electrons. The van der Waals surface area contributed by atoms with Crippen molar-refractivity contribution in [1.82, 2.24) is 10.2 Å². The molecule has 31 heavy (non-hydrogen) atoms. The van der Waals surface area contributed by atoms with Gasteiger partial charge in [0.1, 0.15) is 12.4 Å². The van der Waals surface area contributed by atoms with Crippen molar-refractivity contribution in [2.75, 3.05) is 26.3 Å². The molecule has 0 aromatic heterocycles. The van der Waals surface area contributed by atoms with Gasteiger partial charge in [-0.2, -0.15) is 0 Å². The van der Waals surface area contributed by atoms with E-state index >= 15 is 0 Å². The Kier molecular flexibility index (Phi) is 7.32. The summed E-state index contributed by atoms with van der Waals surface area (Å²) >= 11 is 0. The third-order valence-corrected chi connectivity index (χ3v) is 5.39. The minimum absolute atomic E-state index is 0.0929. The zero-order valence-corrected chi connectivity index (χ0v) is 17.6. The third kappa shape index (κ3) is 6.17. The zero-order chi connectivity index (χ0) is 21.3. The molecule has 0 atom stereocenters. The second-order valence-electron chi connectivity index (χ2n) is 7.65. The van der Waals surface area contributed by atoms with Crippen molar-refractivity contribution in [2.45, 2.75) is 19.7 Å². The number of carbonyl (C=O) groups is 1. The summed E-state index contributed by atoms with van der Waals surface area (Å²) in [5.41, 5.74) is 3.87. The lowest BCUT2D eigenvalue weighted by Crippen LogP contribution is -2.35. The number of para-hydroxylation sites is 1. The van der Waals surface area contributed by atoms with Crippen molar-refractivity contribution in [1.29, 1.82) is 0 Å². The highest BCUT2D eigenvalue weighted by atomic mass is 16.5. The van der Waals surface area contributed by atoms with E-state index in [-0.39, 0.29) is 5.91 Å². The lowest BCUT2D eigenvalue weighted by molar-refractivity contribution is 0.0342. The summed E-state index contributed by atoms with van der Waals surface area (Å²) < 4.78 is 11.2. The number of morpholine rings is 1. The average Bonchev–Trinajstić information content (AvgIpc) is 2.83. The van der Waals surface area contributed by atoms with Crippen LogP contribution in [-0.4, -0.2) is 37.1 Å². The molecular weight excluding hydrogens is 388 g/mol. The summed E-state index contributed by atoms with van der Waals surface area (Å²) in [5, 5.41) is 3.03. The van der Waals surface area contributed by atoms with E-state index in [1.54, 1.807) is 0 Å². The smallest absolute Gasteiger partial charge is 0.251 e. The fourth-order valence-corrected chi connectivity index (χ4v) is 3.60. The van der Waals surface area contributed by atoms with Gasteiger partial charge in [-0.1, -0.05) is 60.7 Å². The molecule has 0 bridgehead atoms. The molecule has 1 amide bonds. The van der Waals surface area contributed by atoms with Crippen LogP contribution in [0.2, 0.25) is 0 Å². The number of nitrogens with one attached hydrogen (secondary N) is 1. The van der Waals surface area contributed by atoms with Crippen molar-refractivity contribution >= 4 is 5.91 Å². The van der Waals surface area contributed by atoms with E-state index in [1.165, 1.54) is 5.56 Å². The fourth-order valence-electron chi connectivity index (χ4n) is 3.60. The maximum absolute atomic E-state index is 12.8. The SMILES string of the molecule is O=C(NCc1ccc(CN2CCOCC2)cc1)c1ccccc1COc1ccccc1. The lowest BCUT2D eigenvalue weighted by atomic mass is 10.1. The Morgan fingerprint density at radius 2 is 1.55 bits per heavy atom. The molecule has 4 rings (SSSR count). The van der Waals surface area contributed by atoms with E-state index in [0.29, 0.717) is 18.7 Å². The topological polar surface area (TPSA) is 50.8 Å². The standard InChI is InChI=1S/C26H28N2O3/c29-26(25-9-5-4-6-23(25)20-31-24-7-2-1-3-8-24)27-18-21-10-12-22(13-11-21)19-28-14-16-30-17-15-28/h1-13H,14-20H2,(H,27,29). The summed E-state index contributed by atoms with van der Waals surface area (Å²) in [4.78, 5) is 15.2. The maximum atomic E-state index is 12.8. The Balaban J connectivity index is 1.31. The Hall–Kier alpha value is -3.15.